The standard InChI is InChI=1S/C13H20O4/c1-15-7-6-11(14)8-10-4-5-12(16-2)13(9-10)17-3/h4-5,9,11,14H,6-8H2,1-3H3. The molecule has 0 aromatic heterocycles. The molecule has 17 heavy (non-hydrogen) atoms. The van der Waals surface area contributed by atoms with Crippen molar-refractivity contribution in [2.24, 2.45) is 0 Å². The summed E-state index contributed by atoms with van der Waals surface area (Å²) in [4.78, 5) is 0. The molecule has 0 aliphatic heterocycles. The van der Waals surface area contributed by atoms with Crippen LogP contribution < -0.4 is 9.47 Å². The van der Waals surface area contributed by atoms with Crippen LogP contribution in [0.5, 0.6) is 11.5 Å². The van der Waals surface area contributed by atoms with Crippen molar-refractivity contribution in [3.63, 3.8) is 0 Å². The van der Waals surface area contributed by atoms with Crippen LogP contribution in [0.4, 0.5) is 0 Å². The summed E-state index contributed by atoms with van der Waals surface area (Å²) >= 11 is 0. The predicted molar refractivity (Wildman–Crippen MR) is 65.7 cm³/mol. The maximum atomic E-state index is 9.77. The minimum Gasteiger partial charge on any atom is -0.493 e. The number of benzene rings is 1. The van der Waals surface area contributed by atoms with Crippen molar-refractivity contribution in [3.05, 3.63) is 23.8 Å². The Bertz CT molecular complexity index is 338. The average Bonchev–Trinajstić information content (AvgIpc) is 2.36. The molecule has 0 aliphatic carbocycles. The highest BCUT2D eigenvalue weighted by atomic mass is 16.5. The van der Waals surface area contributed by atoms with Gasteiger partial charge in [0.25, 0.3) is 0 Å². The molecule has 1 N–H and O–H groups in total. The Kier molecular flexibility index (Phi) is 5.80. The van der Waals surface area contributed by atoms with E-state index in [1.165, 1.54) is 0 Å². The highest BCUT2D eigenvalue weighted by Gasteiger charge is 2.09. The molecule has 1 unspecified atom stereocenters. The van der Waals surface area contributed by atoms with Gasteiger partial charge in [-0.2, -0.15) is 0 Å². The molecule has 1 rings (SSSR count). The molecule has 4 nitrogen and oxygen atoms in total. The fraction of sp³-hybridized carbons (Fsp3) is 0.538. The lowest BCUT2D eigenvalue weighted by atomic mass is 10.1. The number of ether oxygens (including phenoxy) is 3. The number of aliphatic hydroxyl groups is 1. The largest absolute Gasteiger partial charge is 0.493 e. The fourth-order valence-corrected chi connectivity index (χ4v) is 1.64. The number of rotatable bonds is 7. The molecule has 0 radical (unpaired) electrons. The van der Waals surface area contributed by atoms with Crippen LogP contribution in [-0.4, -0.2) is 39.1 Å². The third-order valence-electron chi connectivity index (χ3n) is 2.57. The molecule has 4 heteroatoms. The Morgan fingerprint density at radius 3 is 2.41 bits per heavy atom. The van der Waals surface area contributed by atoms with E-state index >= 15 is 0 Å². The summed E-state index contributed by atoms with van der Waals surface area (Å²) in [5.41, 5.74) is 1.02. The first kappa shape index (κ1) is 13.8. The lowest BCUT2D eigenvalue weighted by molar-refractivity contribution is 0.110. The van der Waals surface area contributed by atoms with Gasteiger partial charge in [-0.3, -0.25) is 0 Å². The van der Waals surface area contributed by atoms with E-state index in [0.717, 1.165) is 5.56 Å². The Morgan fingerprint density at radius 1 is 1.12 bits per heavy atom. The summed E-state index contributed by atoms with van der Waals surface area (Å²) in [7, 11) is 4.83. The van der Waals surface area contributed by atoms with E-state index in [2.05, 4.69) is 0 Å². The summed E-state index contributed by atoms with van der Waals surface area (Å²) in [6.07, 6.45) is 0.822. The molecule has 0 aliphatic rings. The normalized spacial score (nSPS) is 12.2. The first-order chi connectivity index (χ1) is 8.21. The van der Waals surface area contributed by atoms with Gasteiger partial charge in [0.1, 0.15) is 0 Å². The molecular formula is C13H20O4. The third kappa shape index (κ3) is 4.24. The van der Waals surface area contributed by atoms with E-state index in [1.807, 2.05) is 18.2 Å². The number of aliphatic hydroxyl groups excluding tert-OH is 1. The maximum absolute atomic E-state index is 9.77. The monoisotopic (exact) mass is 240 g/mol. The first-order valence-corrected chi connectivity index (χ1v) is 5.59. The molecule has 0 bridgehead atoms. The molecule has 96 valence electrons. The molecule has 1 aromatic carbocycles. The molecule has 0 saturated heterocycles. The van der Waals surface area contributed by atoms with Gasteiger partial charge in [0, 0.05) is 13.7 Å². The molecule has 0 amide bonds. The van der Waals surface area contributed by atoms with Gasteiger partial charge in [-0.05, 0) is 30.5 Å². The van der Waals surface area contributed by atoms with Crippen molar-refractivity contribution >= 4 is 0 Å². The lowest BCUT2D eigenvalue weighted by Gasteiger charge is -2.12. The van der Waals surface area contributed by atoms with Crippen LogP contribution in [-0.2, 0) is 11.2 Å². The van der Waals surface area contributed by atoms with Gasteiger partial charge in [-0.1, -0.05) is 6.07 Å². The summed E-state index contributed by atoms with van der Waals surface area (Å²) in [5, 5.41) is 9.77. The van der Waals surface area contributed by atoms with Crippen molar-refractivity contribution in [1.29, 1.82) is 0 Å². The van der Waals surface area contributed by atoms with Crippen LogP contribution >= 0.6 is 0 Å². The fourth-order valence-electron chi connectivity index (χ4n) is 1.64. The second kappa shape index (κ2) is 7.14. The van der Waals surface area contributed by atoms with Crippen LogP contribution in [0.15, 0.2) is 18.2 Å². The predicted octanol–water partition coefficient (Wildman–Crippen LogP) is 1.64. The highest BCUT2D eigenvalue weighted by Crippen LogP contribution is 2.28. The van der Waals surface area contributed by atoms with E-state index in [0.29, 0.717) is 30.9 Å². The van der Waals surface area contributed by atoms with Crippen molar-refractivity contribution in [3.8, 4) is 11.5 Å². The van der Waals surface area contributed by atoms with Crippen molar-refractivity contribution in [2.45, 2.75) is 18.9 Å². The van der Waals surface area contributed by atoms with Gasteiger partial charge >= 0.3 is 0 Å². The summed E-state index contributed by atoms with van der Waals surface area (Å²) in [6.45, 7) is 0.564. The van der Waals surface area contributed by atoms with Crippen LogP contribution in [0.25, 0.3) is 0 Å². The minimum atomic E-state index is -0.395. The van der Waals surface area contributed by atoms with Crippen molar-refractivity contribution in [1.82, 2.24) is 0 Å². The molecule has 0 fully saturated rings. The number of hydrogen-bond donors (Lipinski definition) is 1. The minimum absolute atomic E-state index is 0.395. The lowest BCUT2D eigenvalue weighted by Crippen LogP contribution is -2.13. The summed E-state index contributed by atoms with van der Waals surface area (Å²) < 4.78 is 15.3. The summed E-state index contributed by atoms with van der Waals surface area (Å²) in [6, 6.07) is 5.66. The third-order valence-corrected chi connectivity index (χ3v) is 2.57. The van der Waals surface area contributed by atoms with E-state index in [-0.39, 0.29) is 0 Å². The van der Waals surface area contributed by atoms with E-state index in [9.17, 15) is 5.11 Å². The second-order valence-corrected chi connectivity index (χ2v) is 3.83. The molecule has 1 aromatic rings. The molecule has 0 saturated carbocycles. The Morgan fingerprint density at radius 2 is 1.82 bits per heavy atom. The van der Waals surface area contributed by atoms with E-state index in [4.69, 9.17) is 14.2 Å². The van der Waals surface area contributed by atoms with Gasteiger partial charge in [0.15, 0.2) is 11.5 Å². The Balaban J connectivity index is 2.65. The van der Waals surface area contributed by atoms with Gasteiger partial charge < -0.3 is 19.3 Å². The van der Waals surface area contributed by atoms with Gasteiger partial charge in [-0.15, -0.1) is 0 Å². The van der Waals surface area contributed by atoms with Gasteiger partial charge in [0.05, 0.1) is 20.3 Å². The Labute approximate surface area is 102 Å². The van der Waals surface area contributed by atoms with Crippen molar-refractivity contribution < 1.29 is 19.3 Å². The molecule has 0 heterocycles. The number of methoxy groups -OCH3 is 3. The SMILES string of the molecule is COCCC(O)Cc1ccc(OC)c(OC)c1. The first-order valence-electron chi connectivity index (χ1n) is 5.59. The zero-order valence-corrected chi connectivity index (χ0v) is 10.6. The molecule has 0 spiro atoms. The van der Waals surface area contributed by atoms with Crippen LogP contribution in [0.1, 0.15) is 12.0 Å². The van der Waals surface area contributed by atoms with Gasteiger partial charge in [0.2, 0.25) is 0 Å². The zero-order chi connectivity index (χ0) is 12.7. The Hall–Kier alpha value is -1.26. The van der Waals surface area contributed by atoms with E-state index < -0.39 is 6.10 Å². The van der Waals surface area contributed by atoms with Crippen LogP contribution in [0.2, 0.25) is 0 Å². The topological polar surface area (TPSA) is 47.9 Å². The zero-order valence-electron chi connectivity index (χ0n) is 10.6. The van der Waals surface area contributed by atoms with Crippen LogP contribution in [0.3, 0.4) is 0 Å². The molecular weight excluding hydrogens is 220 g/mol. The number of hydrogen-bond acceptors (Lipinski definition) is 4. The average molecular weight is 240 g/mol. The highest BCUT2D eigenvalue weighted by molar-refractivity contribution is 5.43. The quantitative estimate of drug-likeness (QED) is 0.787. The summed E-state index contributed by atoms with van der Waals surface area (Å²) in [5.74, 6) is 1.38. The van der Waals surface area contributed by atoms with Gasteiger partial charge in [-0.25, -0.2) is 0 Å². The van der Waals surface area contributed by atoms with Crippen LogP contribution in [0, 0.1) is 0 Å². The second-order valence-electron chi connectivity index (χ2n) is 3.83. The van der Waals surface area contributed by atoms with E-state index in [1.54, 1.807) is 21.3 Å². The smallest absolute Gasteiger partial charge is 0.160 e. The molecule has 1 atom stereocenters. The maximum Gasteiger partial charge on any atom is 0.160 e. The van der Waals surface area contributed by atoms with Crippen molar-refractivity contribution in [2.75, 3.05) is 27.9 Å².